The zero-order chi connectivity index (χ0) is 43.3. The Labute approximate surface area is 383 Å². The van der Waals surface area contributed by atoms with Crippen LogP contribution in [0.5, 0.6) is 0 Å². The summed E-state index contributed by atoms with van der Waals surface area (Å²) < 4.78 is 0. The van der Waals surface area contributed by atoms with E-state index in [9.17, 15) is 0 Å². The lowest BCUT2D eigenvalue weighted by Gasteiger charge is -2.34. The van der Waals surface area contributed by atoms with Crippen LogP contribution in [0, 0.1) is 0 Å². The van der Waals surface area contributed by atoms with Crippen LogP contribution in [0.4, 0.5) is 0 Å². The van der Waals surface area contributed by atoms with Crippen molar-refractivity contribution in [2.75, 3.05) is 38.1 Å². The number of rotatable bonds is 18. The molecule has 1 nitrogen and oxygen atoms in total. The van der Waals surface area contributed by atoms with Gasteiger partial charge < -0.3 is 0 Å². The van der Waals surface area contributed by atoms with Gasteiger partial charge in [-0.25, -0.2) is 0 Å². The van der Waals surface area contributed by atoms with Crippen LogP contribution in [0.25, 0.3) is 0 Å². The summed E-state index contributed by atoms with van der Waals surface area (Å²) in [6.07, 6.45) is 3.10. The molecule has 0 heterocycles. The number of benzene rings is 9. The minimum Gasteiger partial charge on any atom is -0.292 e. The van der Waals surface area contributed by atoms with Crippen LogP contribution in [-0.2, 0) is 0 Å². The second-order valence-electron chi connectivity index (χ2n) is 16.5. The first-order chi connectivity index (χ1) is 31.7. The smallest absolute Gasteiger partial charge is 0.113 e. The molecule has 9 aromatic rings. The van der Waals surface area contributed by atoms with E-state index in [1.165, 1.54) is 47.7 Å². The highest BCUT2D eigenvalue weighted by Crippen LogP contribution is 2.58. The van der Waals surface area contributed by atoms with Gasteiger partial charge in [-0.05, 0) is 109 Å². The van der Waals surface area contributed by atoms with Crippen molar-refractivity contribution in [3.05, 3.63) is 273 Å². The lowest BCUT2D eigenvalue weighted by atomic mass is 10.3. The maximum absolute atomic E-state index is 2.89. The molecule has 0 aliphatic carbocycles. The summed E-state index contributed by atoms with van der Waals surface area (Å²) in [5, 5.41) is 12.9. The third-order valence-corrected chi connectivity index (χ3v) is 26.3. The summed E-state index contributed by atoms with van der Waals surface area (Å²) >= 11 is 0. The van der Waals surface area contributed by atoms with Crippen molar-refractivity contribution in [3.8, 4) is 0 Å². The minimum atomic E-state index is -2.11. The lowest BCUT2D eigenvalue weighted by Crippen LogP contribution is -2.43. The molecule has 0 aromatic heterocycles. The van der Waals surface area contributed by atoms with Crippen molar-refractivity contribution >= 4 is 69.5 Å². The molecule has 0 radical (unpaired) electrons. The van der Waals surface area contributed by atoms with Gasteiger partial charge in [-0.1, -0.05) is 164 Å². The summed E-state index contributed by atoms with van der Waals surface area (Å²) in [5.74, 6) is 0. The van der Waals surface area contributed by atoms with Gasteiger partial charge in [-0.15, -0.1) is 0 Å². The van der Waals surface area contributed by atoms with Crippen LogP contribution in [0.3, 0.4) is 0 Å². The summed E-state index contributed by atoms with van der Waals surface area (Å²) in [7, 11) is -6.32. The molecule has 0 fully saturated rings. The molecule has 0 spiro atoms. The first kappa shape index (κ1) is 43.5. The van der Waals surface area contributed by atoms with Crippen LogP contribution in [0.2, 0.25) is 0 Å². The molecule has 314 valence electrons. The van der Waals surface area contributed by atoms with Crippen LogP contribution in [0.1, 0.15) is 0 Å². The molecule has 0 bridgehead atoms. The topological polar surface area (TPSA) is 3.24 Å². The molecule has 0 aliphatic heterocycles. The molecule has 0 amide bonds. The average molecular weight is 885 g/mol. The fourth-order valence-corrected chi connectivity index (χ4v) is 22.7. The molecule has 0 unspecified atom stereocenters. The molecule has 0 N–H and O–H groups in total. The van der Waals surface area contributed by atoms with Gasteiger partial charge >= 0.3 is 0 Å². The number of nitrogens with zero attached hydrogens (tertiary/aromatic N) is 1. The quantitative estimate of drug-likeness (QED) is 0.0777. The summed E-state index contributed by atoms with van der Waals surface area (Å²) in [6, 6.07) is 103. The Morgan fingerprint density at radius 3 is 0.438 bits per heavy atom. The van der Waals surface area contributed by atoms with Crippen LogP contribution >= 0.6 is 21.8 Å². The van der Waals surface area contributed by atoms with E-state index in [2.05, 4.69) is 278 Å². The van der Waals surface area contributed by atoms with E-state index in [0.29, 0.717) is 0 Å². The molecule has 0 atom stereocenters. The van der Waals surface area contributed by atoms with Crippen LogP contribution in [0.15, 0.2) is 273 Å². The van der Waals surface area contributed by atoms with E-state index in [0.717, 1.165) is 38.1 Å². The van der Waals surface area contributed by atoms with Crippen molar-refractivity contribution in [1.29, 1.82) is 0 Å². The monoisotopic (exact) mass is 884 g/mol. The van der Waals surface area contributed by atoms with Crippen molar-refractivity contribution in [2.24, 2.45) is 0 Å². The molecule has 64 heavy (non-hydrogen) atoms. The van der Waals surface area contributed by atoms with Crippen molar-refractivity contribution in [1.82, 2.24) is 4.90 Å². The van der Waals surface area contributed by atoms with Gasteiger partial charge in [0.15, 0.2) is 0 Å². The highest BCUT2D eigenvalue weighted by Gasteiger charge is 2.49. The third kappa shape index (κ3) is 8.98. The zero-order valence-corrected chi connectivity index (χ0v) is 39.2. The minimum absolute atomic E-state index is 0.962. The zero-order valence-electron chi connectivity index (χ0n) is 36.5. The van der Waals surface area contributed by atoms with E-state index >= 15 is 0 Å². The molecular weight excluding hydrogens is 828 g/mol. The highest BCUT2D eigenvalue weighted by atomic mass is 31.2. The normalized spacial score (nSPS) is 12.0. The van der Waals surface area contributed by atoms with Gasteiger partial charge in [0.2, 0.25) is 0 Å². The van der Waals surface area contributed by atoms with Gasteiger partial charge in [0.05, 0.1) is 18.5 Å². The van der Waals surface area contributed by atoms with Gasteiger partial charge in [-0.2, -0.15) is 0 Å². The summed E-state index contributed by atoms with van der Waals surface area (Å²) in [5.41, 5.74) is 0. The molecule has 0 saturated heterocycles. The number of hydrogen-bond donors (Lipinski definition) is 0. The predicted molar refractivity (Wildman–Crippen MR) is 286 cm³/mol. The second-order valence-corrected chi connectivity index (χ2v) is 27.3. The van der Waals surface area contributed by atoms with Crippen molar-refractivity contribution in [3.63, 3.8) is 0 Å². The van der Waals surface area contributed by atoms with E-state index < -0.39 is 21.8 Å². The standard InChI is InChI=1S/C60H57NP3/c1-10-28-52(29-11-1)62(53-30-12-2-13-31-53,54-32-14-3-15-33-54)49-46-61(47-50-63(55-34-16-4-17-35-55,56-36-18-5-19-37-56)57-38-20-6-21-39-57)48-51-64(58-40-22-7-23-41-58,59-42-24-8-25-43-59)60-44-26-9-27-45-60/h1-45H,46-51H2/q+3. The second kappa shape index (κ2) is 20.8. The first-order valence-electron chi connectivity index (χ1n) is 22.6. The maximum Gasteiger partial charge on any atom is 0.113 e. The van der Waals surface area contributed by atoms with E-state index in [-0.39, 0.29) is 0 Å². The molecule has 9 aromatic carbocycles. The Morgan fingerprint density at radius 1 is 0.188 bits per heavy atom. The highest BCUT2D eigenvalue weighted by molar-refractivity contribution is 7.96. The SMILES string of the molecule is c1ccc([P+](CCN(CC[P+](c2ccccc2)(c2ccccc2)c2ccccc2)CC[P+](c2ccccc2)(c2ccccc2)c2ccccc2)(c2ccccc2)c2ccccc2)cc1. The Hall–Kier alpha value is -5.77. The van der Waals surface area contributed by atoms with Crippen LogP contribution in [-0.4, -0.2) is 43.0 Å². The van der Waals surface area contributed by atoms with Crippen LogP contribution < -0.4 is 47.7 Å². The average Bonchev–Trinajstić information content (AvgIpc) is 3.39. The number of hydrogen-bond acceptors (Lipinski definition) is 1. The lowest BCUT2D eigenvalue weighted by molar-refractivity contribution is 0.327. The molecule has 0 saturated carbocycles. The van der Waals surface area contributed by atoms with E-state index in [4.69, 9.17) is 0 Å². The summed E-state index contributed by atoms with van der Waals surface area (Å²) in [4.78, 5) is 2.89. The molecule has 4 heteroatoms. The van der Waals surface area contributed by atoms with Gasteiger partial charge in [0, 0.05) is 19.6 Å². The Morgan fingerprint density at radius 2 is 0.312 bits per heavy atom. The van der Waals surface area contributed by atoms with Gasteiger partial charge in [0.25, 0.3) is 0 Å². The fourth-order valence-electron chi connectivity index (χ4n) is 9.86. The Balaban J connectivity index is 1.20. The molecule has 0 aliphatic rings. The molecular formula is C60H57NP3+3. The van der Waals surface area contributed by atoms with Crippen molar-refractivity contribution in [2.45, 2.75) is 0 Å². The molecule has 9 rings (SSSR count). The Kier molecular flexibility index (Phi) is 14.1. The largest absolute Gasteiger partial charge is 0.292 e. The first-order valence-corrected chi connectivity index (χ1v) is 28.5. The van der Waals surface area contributed by atoms with Gasteiger partial charge in [-0.3, -0.25) is 4.90 Å². The van der Waals surface area contributed by atoms with E-state index in [1.54, 1.807) is 0 Å². The predicted octanol–water partition coefficient (Wildman–Crippen LogP) is 10.3. The van der Waals surface area contributed by atoms with E-state index in [1.807, 2.05) is 0 Å². The fraction of sp³-hybridized carbons (Fsp3) is 0.100. The van der Waals surface area contributed by atoms with Crippen molar-refractivity contribution < 1.29 is 0 Å². The van der Waals surface area contributed by atoms with Gasteiger partial charge in [0.1, 0.15) is 69.5 Å². The third-order valence-electron chi connectivity index (χ3n) is 13.0. The maximum atomic E-state index is 2.89. The Bertz CT molecular complexity index is 2140. The summed E-state index contributed by atoms with van der Waals surface area (Å²) in [6.45, 7) is 2.88.